The van der Waals surface area contributed by atoms with Crippen LogP contribution in [0.4, 0.5) is 4.39 Å². The van der Waals surface area contributed by atoms with E-state index in [1.54, 1.807) is 24.0 Å². The third-order valence-electron chi connectivity index (χ3n) is 5.36. The molecule has 1 aromatic heterocycles. The average Bonchev–Trinajstić information content (AvgIpc) is 3.29. The fourth-order valence-electron chi connectivity index (χ4n) is 3.94. The van der Waals surface area contributed by atoms with Crippen molar-refractivity contribution in [2.24, 2.45) is 0 Å². The Kier molecular flexibility index (Phi) is 4.63. The summed E-state index contributed by atoms with van der Waals surface area (Å²) in [7, 11) is 0. The van der Waals surface area contributed by atoms with E-state index >= 15 is 0 Å². The second kappa shape index (κ2) is 7.09. The predicted molar refractivity (Wildman–Crippen MR) is 94.9 cm³/mol. The minimum Gasteiger partial charge on any atom is -0.333 e. The largest absolute Gasteiger partial charge is 0.333 e. The highest BCUT2D eigenvalue weighted by molar-refractivity contribution is 5.78. The lowest BCUT2D eigenvalue weighted by Gasteiger charge is -2.30. The first kappa shape index (κ1) is 17.6. The maximum Gasteiger partial charge on any atom is 0.227 e. The summed E-state index contributed by atoms with van der Waals surface area (Å²) in [6, 6.07) is 5.97. The van der Waals surface area contributed by atoms with Gasteiger partial charge in [-0.05, 0) is 30.5 Å². The van der Waals surface area contributed by atoms with Crippen molar-refractivity contribution in [3.05, 3.63) is 47.3 Å². The molecule has 142 valence electrons. The predicted octanol–water partition coefficient (Wildman–Crippen LogP) is 1.69. The molecule has 0 aliphatic carbocycles. The number of aromatic nitrogens is 3. The number of hydrogen-bond donors (Lipinski definition) is 0. The summed E-state index contributed by atoms with van der Waals surface area (Å²) in [4.78, 5) is 28.0. The Hall–Kier alpha value is -2.77. The third kappa shape index (κ3) is 3.43. The van der Waals surface area contributed by atoms with Crippen LogP contribution in [-0.4, -0.2) is 49.5 Å². The number of likely N-dealkylation sites (tertiary alicyclic amines) is 1. The second-order valence-corrected chi connectivity index (χ2v) is 7.12. The smallest absolute Gasteiger partial charge is 0.227 e. The van der Waals surface area contributed by atoms with Crippen molar-refractivity contribution in [3.63, 3.8) is 0 Å². The van der Waals surface area contributed by atoms with Crippen molar-refractivity contribution in [2.75, 3.05) is 13.1 Å². The lowest BCUT2D eigenvalue weighted by Crippen LogP contribution is -2.40. The van der Waals surface area contributed by atoms with Gasteiger partial charge in [-0.3, -0.25) is 9.59 Å². The molecule has 2 aromatic rings. The molecule has 0 saturated carbocycles. The number of halogens is 1. The average molecular weight is 371 g/mol. The van der Waals surface area contributed by atoms with Gasteiger partial charge in [-0.1, -0.05) is 12.1 Å². The van der Waals surface area contributed by atoms with Crippen molar-refractivity contribution in [2.45, 2.75) is 45.3 Å². The molecule has 7 nitrogen and oxygen atoms in total. The van der Waals surface area contributed by atoms with E-state index < -0.39 is 0 Å². The van der Waals surface area contributed by atoms with Crippen LogP contribution in [0.1, 0.15) is 43.0 Å². The van der Waals surface area contributed by atoms with Crippen molar-refractivity contribution < 1.29 is 14.0 Å². The Morgan fingerprint density at radius 1 is 1.15 bits per heavy atom. The minimum absolute atomic E-state index is 0.0105. The molecule has 1 atom stereocenters. The molecule has 0 N–H and O–H groups in total. The molecule has 2 aliphatic rings. The SMILES string of the molecule is CC(=O)N1CCC[C@H]1c1nnc2n1CCN(C(=O)Cc1ccc(F)cc1)C2. The zero-order valence-electron chi connectivity index (χ0n) is 15.3. The van der Waals surface area contributed by atoms with Crippen LogP contribution in [-0.2, 0) is 29.1 Å². The quantitative estimate of drug-likeness (QED) is 0.823. The van der Waals surface area contributed by atoms with Crippen molar-refractivity contribution >= 4 is 11.8 Å². The van der Waals surface area contributed by atoms with Crippen LogP contribution in [0.2, 0.25) is 0 Å². The first-order valence-electron chi connectivity index (χ1n) is 9.24. The van der Waals surface area contributed by atoms with Gasteiger partial charge in [0.25, 0.3) is 0 Å². The summed E-state index contributed by atoms with van der Waals surface area (Å²) in [6.07, 6.45) is 2.10. The van der Waals surface area contributed by atoms with E-state index in [1.165, 1.54) is 12.1 Å². The number of fused-ring (bicyclic) bond motifs is 1. The Bertz CT molecular complexity index is 863. The fourth-order valence-corrected chi connectivity index (χ4v) is 3.94. The summed E-state index contributed by atoms with van der Waals surface area (Å²) >= 11 is 0. The van der Waals surface area contributed by atoms with Gasteiger partial charge in [0.1, 0.15) is 5.82 Å². The van der Waals surface area contributed by atoms with Gasteiger partial charge >= 0.3 is 0 Å². The number of nitrogens with zero attached hydrogens (tertiary/aromatic N) is 5. The first-order valence-corrected chi connectivity index (χ1v) is 9.24. The molecule has 4 rings (SSSR count). The molecule has 1 fully saturated rings. The molecule has 8 heteroatoms. The van der Waals surface area contributed by atoms with Gasteiger partial charge in [-0.15, -0.1) is 10.2 Å². The summed E-state index contributed by atoms with van der Waals surface area (Å²) < 4.78 is 15.1. The third-order valence-corrected chi connectivity index (χ3v) is 5.36. The van der Waals surface area contributed by atoms with Gasteiger partial charge in [-0.25, -0.2) is 4.39 Å². The number of hydrogen-bond acceptors (Lipinski definition) is 4. The molecule has 3 heterocycles. The van der Waals surface area contributed by atoms with E-state index in [0.717, 1.165) is 36.6 Å². The molecule has 1 saturated heterocycles. The van der Waals surface area contributed by atoms with Gasteiger partial charge in [-0.2, -0.15) is 0 Å². The Morgan fingerprint density at radius 2 is 1.93 bits per heavy atom. The zero-order valence-corrected chi connectivity index (χ0v) is 15.3. The minimum atomic E-state index is -0.309. The van der Waals surface area contributed by atoms with Crippen molar-refractivity contribution in [3.8, 4) is 0 Å². The molecule has 0 spiro atoms. The first-order chi connectivity index (χ1) is 13.0. The van der Waals surface area contributed by atoms with E-state index in [4.69, 9.17) is 0 Å². The summed E-state index contributed by atoms with van der Waals surface area (Å²) in [5.41, 5.74) is 0.789. The van der Waals surface area contributed by atoms with E-state index in [2.05, 4.69) is 10.2 Å². The highest BCUT2D eigenvalue weighted by atomic mass is 19.1. The molecular formula is C19H22FN5O2. The molecule has 1 aromatic carbocycles. The number of carbonyl (C=O) groups excluding carboxylic acids is 2. The van der Waals surface area contributed by atoms with Crippen molar-refractivity contribution in [1.82, 2.24) is 24.6 Å². The maximum atomic E-state index is 13.0. The summed E-state index contributed by atoms with van der Waals surface area (Å²) in [5, 5.41) is 8.62. The topological polar surface area (TPSA) is 71.3 Å². The van der Waals surface area contributed by atoms with E-state index in [1.807, 2.05) is 9.47 Å². The van der Waals surface area contributed by atoms with E-state index in [9.17, 15) is 14.0 Å². The van der Waals surface area contributed by atoms with Crippen LogP contribution < -0.4 is 0 Å². The summed E-state index contributed by atoms with van der Waals surface area (Å²) in [6.45, 7) is 3.94. The molecule has 0 unspecified atom stereocenters. The lowest BCUT2D eigenvalue weighted by molar-refractivity contribution is -0.132. The molecule has 2 aliphatic heterocycles. The van der Waals surface area contributed by atoms with Gasteiger partial charge in [0.15, 0.2) is 11.6 Å². The van der Waals surface area contributed by atoms with Gasteiger partial charge in [0.05, 0.1) is 19.0 Å². The lowest BCUT2D eigenvalue weighted by atomic mass is 10.1. The Labute approximate surface area is 156 Å². The van der Waals surface area contributed by atoms with E-state index in [-0.39, 0.29) is 30.1 Å². The molecule has 2 amide bonds. The number of benzene rings is 1. The highest BCUT2D eigenvalue weighted by Crippen LogP contribution is 2.32. The van der Waals surface area contributed by atoms with Crippen LogP contribution in [0.3, 0.4) is 0 Å². The number of rotatable bonds is 3. The van der Waals surface area contributed by atoms with Gasteiger partial charge in [0.2, 0.25) is 11.8 Å². The van der Waals surface area contributed by atoms with Gasteiger partial charge in [0, 0.05) is 26.6 Å². The standard InChI is InChI=1S/C19H22FN5O2/c1-13(26)24-8-2-3-16(24)19-22-21-17-12-23(9-10-25(17)19)18(27)11-14-4-6-15(20)7-5-14/h4-7,16H,2-3,8-12H2,1H3/t16-/m0/s1. The highest BCUT2D eigenvalue weighted by Gasteiger charge is 2.34. The van der Waals surface area contributed by atoms with Crippen LogP contribution in [0.5, 0.6) is 0 Å². The van der Waals surface area contributed by atoms with Crippen LogP contribution in [0.15, 0.2) is 24.3 Å². The monoisotopic (exact) mass is 371 g/mol. The Balaban J connectivity index is 1.46. The van der Waals surface area contributed by atoms with Crippen LogP contribution in [0.25, 0.3) is 0 Å². The second-order valence-electron chi connectivity index (χ2n) is 7.12. The molecule has 0 radical (unpaired) electrons. The molecular weight excluding hydrogens is 349 g/mol. The van der Waals surface area contributed by atoms with Crippen LogP contribution >= 0.6 is 0 Å². The maximum absolute atomic E-state index is 13.0. The zero-order chi connectivity index (χ0) is 19.0. The number of amides is 2. The summed E-state index contributed by atoms with van der Waals surface area (Å²) in [5.74, 6) is 1.31. The number of carbonyl (C=O) groups is 2. The van der Waals surface area contributed by atoms with Gasteiger partial charge < -0.3 is 14.4 Å². The Morgan fingerprint density at radius 3 is 2.67 bits per heavy atom. The van der Waals surface area contributed by atoms with E-state index in [0.29, 0.717) is 19.6 Å². The molecule has 27 heavy (non-hydrogen) atoms. The fraction of sp³-hybridized carbons (Fsp3) is 0.474. The molecule has 0 bridgehead atoms. The van der Waals surface area contributed by atoms with Crippen LogP contribution in [0, 0.1) is 5.82 Å². The van der Waals surface area contributed by atoms with Crippen molar-refractivity contribution in [1.29, 1.82) is 0 Å². The normalized spacial score (nSPS) is 19.3.